The molecule has 2 aromatic rings. The smallest absolute Gasteiger partial charge is 0.118 e. The van der Waals surface area contributed by atoms with Gasteiger partial charge in [-0.15, -0.1) is 0 Å². The topological polar surface area (TPSA) is 46.2 Å². The summed E-state index contributed by atoms with van der Waals surface area (Å²) in [7, 11) is 4.03. The van der Waals surface area contributed by atoms with Crippen LogP contribution in [0, 0.1) is 6.92 Å². The first-order valence-corrected chi connectivity index (χ1v) is 7.41. The molecule has 2 heterocycles. The molecule has 0 saturated heterocycles. The Morgan fingerprint density at radius 2 is 2.14 bits per heavy atom. The van der Waals surface area contributed by atoms with Gasteiger partial charge in [0.15, 0.2) is 0 Å². The fourth-order valence-corrected chi connectivity index (χ4v) is 2.34. The first kappa shape index (κ1) is 15.8. The van der Waals surface area contributed by atoms with Crippen molar-refractivity contribution < 1.29 is 4.42 Å². The molecule has 0 saturated carbocycles. The van der Waals surface area contributed by atoms with Crippen LogP contribution in [0.3, 0.4) is 0 Å². The summed E-state index contributed by atoms with van der Waals surface area (Å²) >= 11 is 0. The average Bonchev–Trinajstić information content (AvgIpc) is 2.93. The molecular weight excluding hydrogens is 264 g/mol. The Labute approximate surface area is 126 Å². The van der Waals surface area contributed by atoms with Crippen LogP contribution >= 0.6 is 0 Å². The van der Waals surface area contributed by atoms with Crippen LogP contribution in [0.4, 0.5) is 0 Å². The SMILES string of the molecule is Cc1oc(CN(C)Cc2cnn(C)c2)cc1CNC(C)C. The van der Waals surface area contributed by atoms with Gasteiger partial charge in [-0.05, 0) is 20.0 Å². The lowest BCUT2D eigenvalue weighted by Gasteiger charge is -2.13. The fraction of sp³-hybridized carbons (Fsp3) is 0.562. The van der Waals surface area contributed by atoms with E-state index in [4.69, 9.17) is 4.42 Å². The Balaban J connectivity index is 1.91. The molecule has 0 atom stereocenters. The van der Waals surface area contributed by atoms with Crippen molar-refractivity contribution in [1.82, 2.24) is 20.0 Å². The Kier molecular flexibility index (Phi) is 5.20. The first-order chi connectivity index (χ1) is 9.94. The van der Waals surface area contributed by atoms with Crippen molar-refractivity contribution >= 4 is 0 Å². The molecule has 0 fully saturated rings. The van der Waals surface area contributed by atoms with Gasteiger partial charge >= 0.3 is 0 Å². The molecule has 21 heavy (non-hydrogen) atoms. The molecule has 0 unspecified atom stereocenters. The normalized spacial score (nSPS) is 11.8. The maximum absolute atomic E-state index is 5.86. The molecule has 1 N–H and O–H groups in total. The third kappa shape index (κ3) is 4.72. The number of aromatic nitrogens is 2. The average molecular weight is 290 g/mol. The van der Waals surface area contributed by atoms with Crippen molar-refractivity contribution in [2.75, 3.05) is 7.05 Å². The fourth-order valence-electron chi connectivity index (χ4n) is 2.34. The van der Waals surface area contributed by atoms with Crippen LogP contribution in [0.15, 0.2) is 22.9 Å². The molecular formula is C16H26N4O. The van der Waals surface area contributed by atoms with Gasteiger partial charge in [0.1, 0.15) is 11.5 Å². The van der Waals surface area contributed by atoms with Crippen LogP contribution in [0.25, 0.3) is 0 Å². The summed E-state index contributed by atoms with van der Waals surface area (Å²) in [4.78, 5) is 2.23. The van der Waals surface area contributed by atoms with Gasteiger partial charge in [-0.2, -0.15) is 5.10 Å². The highest BCUT2D eigenvalue weighted by Crippen LogP contribution is 2.17. The third-order valence-corrected chi connectivity index (χ3v) is 3.41. The molecule has 0 aliphatic rings. The summed E-state index contributed by atoms with van der Waals surface area (Å²) in [6.45, 7) is 8.86. The summed E-state index contributed by atoms with van der Waals surface area (Å²) in [5, 5.41) is 7.62. The summed E-state index contributed by atoms with van der Waals surface area (Å²) in [6.07, 6.45) is 3.95. The molecule has 0 aliphatic carbocycles. The highest BCUT2D eigenvalue weighted by Gasteiger charge is 2.10. The van der Waals surface area contributed by atoms with Gasteiger partial charge in [-0.1, -0.05) is 13.8 Å². The minimum absolute atomic E-state index is 0.482. The highest BCUT2D eigenvalue weighted by atomic mass is 16.3. The second kappa shape index (κ2) is 6.91. The number of nitrogens with one attached hydrogen (secondary N) is 1. The van der Waals surface area contributed by atoms with Crippen molar-refractivity contribution in [2.45, 2.75) is 46.4 Å². The number of furan rings is 1. The number of hydrogen-bond donors (Lipinski definition) is 1. The Morgan fingerprint density at radius 3 is 2.76 bits per heavy atom. The van der Waals surface area contributed by atoms with Crippen LogP contribution in [0.2, 0.25) is 0 Å². The zero-order chi connectivity index (χ0) is 15.4. The van der Waals surface area contributed by atoms with E-state index in [1.807, 2.05) is 31.0 Å². The zero-order valence-electron chi connectivity index (χ0n) is 13.7. The summed E-state index contributed by atoms with van der Waals surface area (Å²) in [6, 6.07) is 2.64. The van der Waals surface area contributed by atoms with Gasteiger partial charge in [-0.25, -0.2) is 0 Å². The lowest BCUT2D eigenvalue weighted by atomic mass is 10.2. The zero-order valence-corrected chi connectivity index (χ0v) is 13.7. The van der Waals surface area contributed by atoms with E-state index in [1.54, 1.807) is 0 Å². The van der Waals surface area contributed by atoms with E-state index in [0.717, 1.165) is 31.2 Å². The second-order valence-corrected chi connectivity index (χ2v) is 6.02. The molecule has 0 amide bonds. The van der Waals surface area contributed by atoms with Crippen molar-refractivity contribution in [2.24, 2.45) is 7.05 Å². The predicted octanol–water partition coefficient (Wildman–Crippen LogP) is 2.45. The number of nitrogens with zero attached hydrogens (tertiary/aromatic N) is 3. The van der Waals surface area contributed by atoms with Gasteiger partial charge in [-0.3, -0.25) is 9.58 Å². The van der Waals surface area contributed by atoms with Gasteiger partial charge < -0.3 is 9.73 Å². The lowest BCUT2D eigenvalue weighted by Crippen LogP contribution is -2.21. The quantitative estimate of drug-likeness (QED) is 0.851. The molecule has 5 heteroatoms. The van der Waals surface area contributed by atoms with Crippen LogP contribution in [-0.2, 0) is 26.7 Å². The van der Waals surface area contributed by atoms with Crippen LogP contribution in [0.5, 0.6) is 0 Å². The van der Waals surface area contributed by atoms with E-state index in [2.05, 4.69) is 42.3 Å². The molecule has 116 valence electrons. The Hall–Kier alpha value is -1.59. The molecule has 0 radical (unpaired) electrons. The van der Waals surface area contributed by atoms with E-state index in [9.17, 15) is 0 Å². The molecule has 0 aromatic carbocycles. The van der Waals surface area contributed by atoms with E-state index in [-0.39, 0.29) is 0 Å². The number of aryl methyl sites for hydroxylation is 2. The monoisotopic (exact) mass is 290 g/mol. The van der Waals surface area contributed by atoms with Crippen LogP contribution in [-0.4, -0.2) is 27.8 Å². The summed E-state index contributed by atoms with van der Waals surface area (Å²) < 4.78 is 7.69. The van der Waals surface area contributed by atoms with E-state index >= 15 is 0 Å². The summed E-state index contributed by atoms with van der Waals surface area (Å²) in [5.74, 6) is 2.02. The van der Waals surface area contributed by atoms with E-state index in [0.29, 0.717) is 6.04 Å². The van der Waals surface area contributed by atoms with Gasteiger partial charge in [0.05, 0.1) is 12.7 Å². The van der Waals surface area contributed by atoms with Gasteiger partial charge in [0.25, 0.3) is 0 Å². The lowest BCUT2D eigenvalue weighted by molar-refractivity contribution is 0.285. The van der Waals surface area contributed by atoms with E-state index < -0.39 is 0 Å². The van der Waals surface area contributed by atoms with Crippen molar-refractivity contribution in [3.63, 3.8) is 0 Å². The molecule has 0 bridgehead atoms. The van der Waals surface area contributed by atoms with Crippen LogP contribution in [0.1, 0.15) is 36.5 Å². The van der Waals surface area contributed by atoms with Crippen molar-refractivity contribution in [1.29, 1.82) is 0 Å². The standard InChI is InChI=1S/C16H26N4O/c1-12(2)17-8-15-6-16(21-13(15)3)11-19(4)9-14-7-18-20(5)10-14/h6-7,10,12,17H,8-9,11H2,1-5H3. The van der Waals surface area contributed by atoms with Gasteiger partial charge in [0, 0.05) is 43.5 Å². The highest BCUT2D eigenvalue weighted by molar-refractivity contribution is 5.20. The Morgan fingerprint density at radius 1 is 1.38 bits per heavy atom. The second-order valence-electron chi connectivity index (χ2n) is 6.02. The minimum atomic E-state index is 0.482. The Bertz CT molecular complexity index is 571. The summed E-state index contributed by atoms with van der Waals surface area (Å²) in [5.41, 5.74) is 2.46. The maximum Gasteiger partial charge on any atom is 0.118 e. The molecule has 2 rings (SSSR count). The largest absolute Gasteiger partial charge is 0.465 e. The number of rotatable bonds is 7. The predicted molar refractivity (Wildman–Crippen MR) is 83.8 cm³/mol. The van der Waals surface area contributed by atoms with Crippen LogP contribution < -0.4 is 5.32 Å². The maximum atomic E-state index is 5.86. The molecule has 5 nitrogen and oxygen atoms in total. The van der Waals surface area contributed by atoms with Crippen molar-refractivity contribution in [3.05, 3.63) is 41.1 Å². The van der Waals surface area contributed by atoms with E-state index in [1.165, 1.54) is 11.1 Å². The van der Waals surface area contributed by atoms with Crippen molar-refractivity contribution in [3.8, 4) is 0 Å². The molecule has 0 spiro atoms. The minimum Gasteiger partial charge on any atom is -0.465 e. The molecule has 2 aromatic heterocycles. The van der Waals surface area contributed by atoms with Gasteiger partial charge in [0.2, 0.25) is 0 Å². The number of hydrogen-bond acceptors (Lipinski definition) is 4. The molecule has 0 aliphatic heterocycles. The first-order valence-electron chi connectivity index (χ1n) is 7.41. The third-order valence-electron chi connectivity index (χ3n) is 3.41.